The van der Waals surface area contributed by atoms with Gasteiger partial charge in [0.1, 0.15) is 0 Å². The highest BCUT2D eigenvalue weighted by atomic mass is 16.4. The summed E-state index contributed by atoms with van der Waals surface area (Å²) < 4.78 is 0. The maximum atomic E-state index is 10.7. The van der Waals surface area contributed by atoms with E-state index in [2.05, 4.69) is 35.2 Å². The van der Waals surface area contributed by atoms with Crippen LogP contribution in [0.1, 0.15) is 44.1 Å². The number of benzene rings is 1. The van der Waals surface area contributed by atoms with Crippen molar-refractivity contribution >= 4 is 5.97 Å². The molecule has 3 nitrogen and oxygen atoms in total. The molecule has 3 heteroatoms. The topological polar surface area (TPSA) is 40.5 Å². The Morgan fingerprint density at radius 3 is 2.48 bits per heavy atom. The first-order chi connectivity index (χ1) is 10.2. The van der Waals surface area contributed by atoms with Crippen molar-refractivity contribution in [3.63, 3.8) is 0 Å². The molecule has 0 saturated carbocycles. The third-order valence-corrected chi connectivity index (χ3v) is 4.78. The van der Waals surface area contributed by atoms with Crippen molar-refractivity contribution in [1.82, 2.24) is 4.90 Å². The van der Waals surface area contributed by atoms with E-state index in [0.29, 0.717) is 12.1 Å². The fourth-order valence-electron chi connectivity index (χ4n) is 3.80. The molecule has 2 bridgehead atoms. The number of piperidine rings is 2. The SMILES string of the molecule is O=C(O)CC=C1CC2CCCC(C1)N2Cc1ccccc1. The molecule has 0 aliphatic carbocycles. The van der Waals surface area contributed by atoms with E-state index in [4.69, 9.17) is 5.11 Å². The van der Waals surface area contributed by atoms with Crippen LogP contribution in [0.4, 0.5) is 0 Å². The Hall–Kier alpha value is -1.61. The Labute approximate surface area is 126 Å². The number of rotatable bonds is 4. The van der Waals surface area contributed by atoms with Gasteiger partial charge in [-0.25, -0.2) is 0 Å². The molecule has 0 amide bonds. The fourth-order valence-corrected chi connectivity index (χ4v) is 3.80. The highest BCUT2D eigenvalue weighted by molar-refractivity contribution is 5.68. The predicted octanol–water partition coefficient (Wildman–Crippen LogP) is 3.60. The van der Waals surface area contributed by atoms with Crippen molar-refractivity contribution in [3.05, 3.63) is 47.5 Å². The summed E-state index contributed by atoms with van der Waals surface area (Å²) in [4.78, 5) is 13.4. The van der Waals surface area contributed by atoms with E-state index in [1.54, 1.807) is 0 Å². The average Bonchev–Trinajstić information content (AvgIpc) is 2.46. The van der Waals surface area contributed by atoms with Gasteiger partial charge in [0.15, 0.2) is 0 Å². The zero-order valence-electron chi connectivity index (χ0n) is 12.4. The number of carbonyl (C=O) groups is 1. The van der Waals surface area contributed by atoms with Gasteiger partial charge in [-0.15, -0.1) is 0 Å². The van der Waals surface area contributed by atoms with Crippen molar-refractivity contribution < 1.29 is 9.90 Å². The van der Waals surface area contributed by atoms with Crippen LogP contribution in [-0.2, 0) is 11.3 Å². The maximum Gasteiger partial charge on any atom is 0.307 e. The van der Waals surface area contributed by atoms with Crippen LogP contribution in [0.2, 0.25) is 0 Å². The van der Waals surface area contributed by atoms with E-state index in [-0.39, 0.29) is 6.42 Å². The number of carboxylic acids is 1. The summed E-state index contributed by atoms with van der Waals surface area (Å²) in [6.07, 6.45) is 8.03. The van der Waals surface area contributed by atoms with Gasteiger partial charge in [-0.2, -0.15) is 0 Å². The van der Waals surface area contributed by atoms with Crippen molar-refractivity contribution in [2.45, 2.75) is 57.2 Å². The van der Waals surface area contributed by atoms with E-state index >= 15 is 0 Å². The molecular formula is C18H23NO2. The van der Waals surface area contributed by atoms with Gasteiger partial charge in [0.25, 0.3) is 0 Å². The van der Waals surface area contributed by atoms with Gasteiger partial charge in [-0.05, 0) is 31.2 Å². The molecule has 2 saturated heterocycles. The Kier molecular flexibility index (Phi) is 4.39. The second kappa shape index (κ2) is 6.44. The first-order valence-electron chi connectivity index (χ1n) is 7.92. The molecule has 2 fully saturated rings. The molecule has 112 valence electrons. The zero-order chi connectivity index (χ0) is 14.7. The Bertz CT molecular complexity index is 507. The lowest BCUT2D eigenvalue weighted by molar-refractivity contribution is -0.136. The molecule has 1 N–H and O–H groups in total. The molecule has 2 unspecified atom stereocenters. The van der Waals surface area contributed by atoms with Crippen LogP contribution in [0.25, 0.3) is 0 Å². The van der Waals surface area contributed by atoms with Crippen molar-refractivity contribution in [2.75, 3.05) is 0 Å². The fraction of sp³-hybridized carbons (Fsp3) is 0.500. The molecule has 2 heterocycles. The number of carboxylic acid groups (broad SMARTS) is 1. The van der Waals surface area contributed by atoms with Gasteiger partial charge >= 0.3 is 5.97 Å². The zero-order valence-corrected chi connectivity index (χ0v) is 12.4. The minimum absolute atomic E-state index is 0.174. The molecule has 2 aliphatic rings. The summed E-state index contributed by atoms with van der Waals surface area (Å²) in [6.45, 7) is 1.03. The van der Waals surface area contributed by atoms with E-state index < -0.39 is 5.97 Å². The monoisotopic (exact) mass is 285 g/mol. The second-order valence-corrected chi connectivity index (χ2v) is 6.26. The quantitative estimate of drug-likeness (QED) is 0.859. The summed E-state index contributed by atoms with van der Waals surface area (Å²) in [7, 11) is 0. The summed E-state index contributed by atoms with van der Waals surface area (Å²) in [5.41, 5.74) is 2.74. The lowest BCUT2D eigenvalue weighted by atomic mass is 9.81. The third-order valence-electron chi connectivity index (χ3n) is 4.78. The molecule has 1 aromatic rings. The van der Waals surface area contributed by atoms with Gasteiger partial charge in [-0.1, -0.05) is 48.4 Å². The van der Waals surface area contributed by atoms with E-state index in [1.165, 1.54) is 30.4 Å². The average molecular weight is 285 g/mol. The standard InChI is InChI=1S/C18H23NO2/c20-18(21)10-9-15-11-16-7-4-8-17(12-15)19(16)13-14-5-2-1-3-6-14/h1-3,5-6,9,16-17H,4,7-8,10-13H2,(H,20,21). The normalized spacial score (nSPS) is 25.6. The Balaban J connectivity index is 1.70. The molecular weight excluding hydrogens is 262 g/mol. The van der Waals surface area contributed by atoms with E-state index in [1.807, 2.05) is 6.08 Å². The highest BCUT2D eigenvalue weighted by Crippen LogP contribution is 2.37. The third kappa shape index (κ3) is 3.53. The Morgan fingerprint density at radius 1 is 1.19 bits per heavy atom. The van der Waals surface area contributed by atoms with E-state index in [9.17, 15) is 4.79 Å². The van der Waals surface area contributed by atoms with E-state index in [0.717, 1.165) is 19.4 Å². The number of fused-ring (bicyclic) bond motifs is 2. The molecule has 1 aromatic carbocycles. The van der Waals surface area contributed by atoms with Crippen LogP contribution in [0.5, 0.6) is 0 Å². The van der Waals surface area contributed by atoms with Crippen LogP contribution < -0.4 is 0 Å². The highest BCUT2D eigenvalue weighted by Gasteiger charge is 2.35. The van der Waals surface area contributed by atoms with Crippen molar-refractivity contribution in [1.29, 1.82) is 0 Å². The lowest BCUT2D eigenvalue weighted by Crippen LogP contribution is -2.49. The smallest absolute Gasteiger partial charge is 0.307 e. The predicted molar refractivity (Wildman–Crippen MR) is 83.0 cm³/mol. The first kappa shape index (κ1) is 14.3. The van der Waals surface area contributed by atoms with Crippen molar-refractivity contribution in [2.24, 2.45) is 0 Å². The van der Waals surface area contributed by atoms with Crippen LogP contribution in [0.3, 0.4) is 0 Å². The minimum atomic E-state index is -0.723. The van der Waals surface area contributed by atoms with Crippen LogP contribution in [0, 0.1) is 0 Å². The van der Waals surface area contributed by atoms with Crippen LogP contribution in [0.15, 0.2) is 42.0 Å². The maximum absolute atomic E-state index is 10.7. The van der Waals surface area contributed by atoms with Gasteiger partial charge in [0.05, 0.1) is 6.42 Å². The van der Waals surface area contributed by atoms with Crippen LogP contribution >= 0.6 is 0 Å². The summed E-state index contributed by atoms with van der Waals surface area (Å²) >= 11 is 0. The van der Waals surface area contributed by atoms with Gasteiger partial charge < -0.3 is 5.11 Å². The van der Waals surface area contributed by atoms with Gasteiger partial charge in [0.2, 0.25) is 0 Å². The number of hydrogen-bond acceptors (Lipinski definition) is 2. The number of aliphatic carboxylic acids is 1. The van der Waals surface area contributed by atoms with Crippen molar-refractivity contribution in [3.8, 4) is 0 Å². The number of hydrogen-bond donors (Lipinski definition) is 1. The molecule has 2 atom stereocenters. The Morgan fingerprint density at radius 2 is 1.86 bits per heavy atom. The largest absolute Gasteiger partial charge is 0.481 e. The lowest BCUT2D eigenvalue weighted by Gasteiger charge is -2.47. The van der Waals surface area contributed by atoms with Gasteiger partial charge in [-0.3, -0.25) is 9.69 Å². The number of nitrogens with zero attached hydrogens (tertiary/aromatic N) is 1. The molecule has 0 radical (unpaired) electrons. The summed E-state index contributed by atoms with van der Waals surface area (Å²) in [6, 6.07) is 11.9. The molecule has 21 heavy (non-hydrogen) atoms. The second-order valence-electron chi connectivity index (χ2n) is 6.26. The molecule has 0 spiro atoms. The first-order valence-corrected chi connectivity index (χ1v) is 7.92. The molecule has 2 aliphatic heterocycles. The molecule has 0 aromatic heterocycles. The molecule has 3 rings (SSSR count). The summed E-state index contributed by atoms with van der Waals surface area (Å²) in [5.74, 6) is -0.723. The summed E-state index contributed by atoms with van der Waals surface area (Å²) in [5, 5.41) is 8.84. The van der Waals surface area contributed by atoms with Crippen LogP contribution in [-0.4, -0.2) is 28.1 Å². The van der Waals surface area contributed by atoms with Gasteiger partial charge in [0, 0.05) is 18.6 Å². The minimum Gasteiger partial charge on any atom is -0.481 e.